The molecule has 0 bridgehead atoms. The van der Waals surface area contributed by atoms with Crippen molar-refractivity contribution in [1.29, 1.82) is 0 Å². The highest BCUT2D eigenvalue weighted by atomic mass is 35.5. The van der Waals surface area contributed by atoms with E-state index in [1.165, 1.54) is 0 Å². The van der Waals surface area contributed by atoms with E-state index < -0.39 is 0 Å². The SMILES string of the molecule is O=C(CCl)NOCCOc1ccccc1. The smallest absolute Gasteiger partial charge is 0.258 e. The van der Waals surface area contributed by atoms with Gasteiger partial charge in [0.25, 0.3) is 5.91 Å². The molecular weight excluding hydrogens is 218 g/mol. The van der Waals surface area contributed by atoms with E-state index in [9.17, 15) is 4.79 Å². The van der Waals surface area contributed by atoms with Crippen molar-refractivity contribution in [2.24, 2.45) is 0 Å². The summed E-state index contributed by atoms with van der Waals surface area (Å²) in [6, 6.07) is 9.36. The summed E-state index contributed by atoms with van der Waals surface area (Å²) in [6.07, 6.45) is 0. The maximum absolute atomic E-state index is 10.6. The number of hydroxylamine groups is 1. The largest absolute Gasteiger partial charge is 0.491 e. The molecule has 1 N–H and O–H groups in total. The van der Waals surface area contributed by atoms with Crippen LogP contribution in [0.15, 0.2) is 30.3 Å². The minimum atomic E-state index is -0.364. The molecule has 0 aliphatic heterocycles. The first kappa shape index (κ1) is 11.8. The number of benzene rings is 1. The van der Waals surface area contributed by atoms with Crippen LogP contribution >= 0.6 is 11.6 Å². The van der Waals surface area contributed by atoms with Crippen molar-refractivity contribution < 1.29 is 14.4 Å². The third-order valence-electron chi connectivity index (χ3n) is 1.50. The number of alkyl halides is 1. The molecule has 0 aliphatic carbocycles. The Labute approximate surface area is 93.1 Å². The maximum atomic E-state index is 10.6. The van der Waals surface area contributed by atoms with Gasteiger partial charge in [0.15, 0.2) is 0 Å². The fourth-order valence-corrected chi connectivity index (χ4v) is 0.931. The number of rotatable bonds is 6. The first-order valence-corrected chi connectivity index (χ1v) is 5.01. The van der Waals surface area contributed by atoms with Gasteiger partial charge in [0.1, 0.15) is 24.8 Å². The van der Waals surface area contributed by atoms with Crippen molar-refractivity contribution >= 4 is 17.5 Å². The molecule has 0 spiro atoms. The van der Waals surface area contributed by atoms with Crippen molar-refractivity contribution in [2.45, 2.75) is 0 Å². The van der Waals surface area contributed by atoms with Gasteiger partial charge >= 0.3 is 0 Å². The second-order valence-corrected chi connectivity index (χ2v) is 2.94. The van der Waals surface area contributed by atoms with Crippen LogP contribution in [0, 0.1) is 0 Å². The van der Waals surface area contributed by atoms with E-state index in [1.54, 1.807) is 0 Å². The molecule has 1 amide bonds. The number of para-hydroxylation sites is 1. The molecule has 0 heterocycles. The Morgan fingerprint density at radius 2 is 2.00 bits per heavy atom. The second-order valence-electron chi connectivity index (χ2n) is 2.67. The van der Waals surface area contributed by atoms with Gasteiger partial charge in [0, 0.05) is 0 Å². The predicted octanol–water partition coefficient (Wildman–Crippen LogP) is 1.35. The van der Waals surface area contributed by atoms with E-state index in [0.29, 0.717) is 6.61 Å². The lowest BCUT2D eigenvalue weighted by Crippen LogP contribution is -2.26. The summed E-state index contributed by atoms with van der Waals surface area (Å²) in [5, 5.41) is 0. The lowest BCUT2D eigenvalue weighted by atomic mass is 10.3. The fraction of sp³-hybridized carbons (Fsp3) is 0.300. The van der Waals surface area contributed by atoms with Crippen LogP contribution in [-0.2, 0) is 9.63 Å². The second kappa shape index (κ2) is 7.09. The molecule has 1 rings (SSSR count). The third kappa shape index (κ3) is 5.24. The summed E-state index contributed by atoms with van der Waals surface area (Å²) >= 11 is 5.24. The Kier molecular flexibility index (Phi) is 5.58. The van der Waals surface area contributed by atoms with Crippen LogP contribution < -0.4 is 10.2 Å². The van der Waals surface area contributed by atoms with E-state index in [4.69, 9.17) is 21.2 Å². The summed E-state index contributed by atoms with van der Waals surface area (Å²) in [4.78, 5) is 15.4. The Morgan fingerprint density at radius 1 is 1.27 bits per heavy atom. The summed E-state index contributed by atoms with van der Waals surface area (Å²) in [6.45, 7) is 0.643. The summed E-state index contributed by atoms with van der Waals surface area (Å²) in [5.41, 5.74) is 2.17. The fourth-order valence-electron chi connectivity index (χ4n) is 0.877. The number of carbonyl (C=O) groups excluding carboxylic acids is 1. The standard InChI is InChI=1S/C10H12ClNO3/c11-8-10(13)12-15-7-6-14-9-4-2-1-3-5-9/h1-5H,6-8H2,(H,12,13). The highest BCUT2D eigenvalue weighted by molar-refractivity contribution is 6.27. The Hall–Kier alpha value is -1.26. The van der Waals surface area contributed by atoms with Crippen LogP contribution in [0.1, 0.15) is 0 Å². The Balaban J connectivity index is 2.05. The van der Waals surface area contributed by atoms with Crippen LogP contribution in [0.3, 0.4) is 0 Å². The number of halogens is 1. The number of hydrogen-bond acceptors (Lipinski definition) is 3. The average molecular weight is 230 g/mol. The Morgan fingerprint density at radius 3 is 2.67 bits per heavy atom. The Bertz CT molecular complexity index is 292. The number of ether oxygens (including phenoxy) is 1. The number of hydrogen-bond donors (Lipinski definition) is 1. The quantitative estimate of drug-likeness (QED) is 0.455. The van der Waals surface area contributed by atoms with Gasteiger partial charge in [-0.2, -0.15) is 0 Å². The van der Waals surface area contributed by atoms with Gasteiger partial charge in [-0.05, 0) is 12.1 Å². The van der Waals surface area contributed by atoms with Gasteiger partial charge in [-0.3, -0.25) is 9.63 Å². The highest BCUT2D eigenvalue weighted by Gasteiger charge is 1.97. The number of amides is 1. The van der Waals surface area contributed by atoms with E-state index in [0.717, 1.165) is 5.75 Å². The molecule has 0 radical (unpaired) electrons. The molecule has 0 saturated heterocycles. The molecule has 0 saturated carbocycles. The monoisotopic (exact) mass is 229 g/mol. The lowest BCUT2D eigenvalue weighted by Gasteiger charge is -2.06. The molecule has 5 heteroatoms. The van der Waals surface area contributed by atoms with Gasteiger partial charge in [-0.15, -0.1) is 11.6 Å². The van der Waals surface area contributed by atoms with Crippen molar-refractivity contribution in [3.05, 3.63) is 30.3 Å². The molecule has 0 unspecified atom stereocenters. The first-order valence-electron chi connectivity index (χ1n) is 4.47. The van der Waals surface area contributed by atoms with Gasteiger partial charge < -0.3 is 4.74 Å². The van der Waals surface area contributed by atoms with Crippen LogP contribution in [0.4, 0.5) is 0 Å². The normalized spacial score (nSPS) is 9.67. The molecule has 1 aromatic carbocycles. The van der Waals surface area contributed by atoms with Crippen LogP contribution in [0.5, 0.6) is 5.75 Å². The highest BCUT2D eigenvalue weighted by Crippen LogP contribution is 2.07. The molecule has 0 aliphatic rings. The zero-order valence-corrected chi connectivity index (χ0v) is 8.87. The number of carbonyl (C=O) groups is 1. The maximum Gasteiger partial charge on any atom is 0.258 e. The zero-order valence-electron chi connectivity index (χ0n) is 8.11. The van der Waals surface area contributed by atoms with Crippen molar-refractivity contribution in [3.8, 4) is 5.75 Å². The first-order chi connectivity index (χ1) is 7.33. The number of nitrogens with one attached hydrogen (secondary N) is 1. The van der Waals surface area contributed by atoms with Crippen LogP contribution in [-0.4, -0.2) is 25.0 Å². The lowest BCUT2D eigenvalue weighted by molar-refractivity contribution is -0.131. The van der Waals surface area contributed by atoms with Gasteiger partial charge in [-0.25, -0.2) is 5.48 Å². The molecule has 0 aromatic heterocycles. The molecule has 0 fully saturated rings. The summed E-state index contributed by atoms with van der Waals surface area (Å²) in [7, 11) is 0. The average Bonchev–Trinajstić information content (AvgIpc) is 2.29. The summed E-state index contributed by atoms with van der Waals surface area (Å²) in [5.74, 6) is 0.292. The minimum Gasteiger partial charge on any atom is -0.491 e. The molecule has 15 heavy (non-hydrogen) atoms. The minimum absolute atomic E-state index is 0.112. The van der Waals surface area contributed by atoms with Gasteiger partial charge in [0.2, 0.25) is 0 Å². The molecule has 4 nitrogen and oxygen atoms in total. The zero-order chi connectivity index (χ0) is 10.9. The van der Waals surface area contributed by atoms with Gasteiger partial charge in [0.05, 0.1) is 0 Å². The van der Waals surface area contributed by atoms with Crippen LogP contribution in [0.2, 0.25) is 0 Å². The van der Waals surface area contributed by atoms with E-state index in [-0.39, 0.29) is 18.4 Å². The van der Waals surface area contributed by atoms with Crippen molar-refractivity contribution in [3.63, 3.8) is 0 Å². The van der Waals surface area contributed by atoms with E-state index >= 15 is 0 Å². The van der Waals surface area contributed by atoms with Gasteiger partial charge in [-0.1, -0.05) is 18.2 Å². The van der Waals surface area contributed by atoms with Crippen molar-refractivity contribution in [1.82, 2.24) is 5.48 Å². The van der Waals surface area contributed by atoms with Crippen molar-refractivity contribution in [2.75, 3.05) is 19.1 Å². The summed E-state index contributed by atoms with van der Waals surface area (Å²) < 4.78 is 5.31. The third-order valence-corrected chi connectivity index (χ3v) is 1.75. The predicted molar refractivity (Wildman–Crippen MR) is 56.8 cm³/mol. The molecule has 0 atom stereocenters. The molecule has 1 aromatic rings. The molecule has 82 valence electrons. The topological polar surface area (TPSA) is 47.6 Å². The van der Waals surface area contributed by atoms with Crippen LogP contribution in [0.25, 0.3) is 0 Å². The van der Waals surface area contributed by atoms with E-state index in [1.807, 2.05) is 30.3 Å². The van der Waals surface area contributed by atoms with E-state index in [2.05, 4.69) is 5.48 Å². The molecular formula is C10H12ClNO3.